The monoisotopic (exact) mass is 172 g/mol. The molecule has 0 nitrogen and oxygen atoms in total. The molecule has 0 bridgehead atoms. The molecule has 2 aliphatic rings. The van der Waals surface area contributed by atoms with Crippen molar-refractivity contribution >= 4 is 0 Å². The number of benzene rings is 1. The van der Waals surface area contributed by atoms with Crippen LogP contribution in [-0.2, 0) is 6.42 Å². The van der Waals surface area contributed by atoms with E-state index >= 15 is 0 Å². The first-order valence-electron chi connectivity index (χ1n) is 5.53. The molecule has 0 saturated heterocycles. The standard InChI is InChI=1S/C13H16/c1-3-7-12-10(5-1)9-11-6-2-4-8-13(11)12/h1,3,5,7,11,13H,2,4,6,8-9H2/t11-,13+/m1/s1. The fourth-order valence-corrected chi connectivity index (χ4v) is 3.23. The van der Waals surface area contributed by atoms with Gasteiger partial charge < -0.3 is 0 Å². The molecule has 0 radical (unpaired) electrons. The highest BCUT2D eigenvalue weighted by molar-refractivity contribution is 5.36. The first kappa shape index (κ1) is 7.61. The Morgan fingerprint density at radius 1 is 1.00 bits per heavy atom. The topological polar surface area (TPSA) is 0 Å². The smallest absolute Gasteiger partial charge is 0.0128 e. The number of fused-ring (bicyclic) bond motifs is 3. The van der Waals surface area contributed by atoms with Crippen LogP contribution in [0.4, 0.5) is 0 Å². The lowest BCUT2D eigenvalue weighted by molar-refractivity contribution is 0.330. The van der Waals surface area contributed by atoms with E-state index in [0.717, 1.165) is 11.8 Å². The Bertz CT molecular complexity index is 314. The van der Waals surface area contributed by atoms with Gasteiger partial charge in [0.2, 0.25) is 0 Å². The fourth-order valence-electron chi connectivity index (χ4n) is 3.23. The van der Waals surface area contributed by atoms with Gasteiger partial charge in [0.05, 0.1) is 0 Å². The van der Waals surface area contributed by atoms with E-state index in [4.69, 9.17) is 0 Å². The van der Waals surface area contributed by atoms with Gasteiger partial charge >= 0.3 is 0 Å². The first-order valence-corrected chi connectivity index (χ1v) is 5.53. The maximum atomic E-state index is 2.35. The van der Waals surface area contributed by atoms with Crippen molar-refractivity contribution in [3.8, 4) is 0 Å². The van der Waals surface area contributed by atoms with Crippen LogP contribution < -0.4 is 0 Å². The van der Waals surface area contributed by atoms with E-state index in [2.05, 4.69) is 24.3 Å². The summed E-state index contributed by atoms with van der Waals surface area (Å²) in [6.45, 7) is 0. The maximum Gasteiger partial charge on any atom is -0.0128 e. The molecule has 0 unspecified atom stereocenters. The van der Waals surface area contributed by atoms with Gasteiger partial charge in [-0.25, -0.2) is 0 Å². The minimum absolute atomic E-state index is 0.921. The molecular weight excluding hydrogens is 156 g/mol. The van der Waals surface area contributed by atoms with Gasteiger partial charge in [-0.15, -0.1) is 0 Å². The van der Waals surface area contributed by atoms with E-state index in [0.29, 0.717) is 0 Å². The zero-order valence-corrected chi connectivity index (χ0v) is 8.00. The minimum Gasteiger partial charge on any atom is -0.0620 e. The first-order chi connectivity index (χ1) is 6.45. The van der Waals surface area contributed by atoms with Gasteiger partial charge in [0, 0.05) is 0 Å². The lowest BCUT2D eigenvalue weighted by atomic mass is 9.80. The second-order valence-corrected chi connectivity index (χ2v) is 4.55. The summed E-state index contributed by atoms with van der Waals surface area (Å²) in [6.07, 6.45) is 7.20. The van der Waals surface area contributed by atoms with E-state index in [-0.39, 0.29) is 0 Å². The molecule has 0 aliphatic heterocycles. The van der Waals surface area contributed by atoms with Gasteiger partial charge in [-0.2, -0.15) is 0 Å². The molecule has 1 aromatic rings. The summed E-state index contributed by atoms with van der Waals surface area (Å²) in [5, 5.41) is 0. The molecule has 1 aromatic carbocycles. The average Bonchev–Trinajstić information content (AvgIpc) is 2.56. The van der Waals surface area contributed by atoms with Crippen LogP contribution in [0.15, 0.2) is 24.3 Å². The summed E-state index contributed by atoms with van der Waals surface area (Å²) >= 11 is 0. The van der Waals surface area contributed by atoms with E-state index in [1.807, 2.05) is 0 Å². The second kappa shape index (κ2) is 2.87. The fraction of sp³-hybridized carbons (Fsp3) is 0.538. The van der Waals surface area contributed by atoms with Crippen LogP contribution in [0.2, 0.25) is 0 Å². The highest BCUT2D eigenvalue weighted by Gasteiger charge is 2.33. The lowest BCUT2D eigenvalue weighted by Gasteiger charge is -2.25. The Kier molecular flexibility index (Phi) is 1.68. The molecule has 0 spiro atoms. The van der Waals surface area contributed by atoms with Crippen molar-refractivity contribution in [2.75, 3.05) is 0 Å². The molecule has 2 atom stereocenters. The van der Waals surface area contributed by atoms with E-state index in [1.165, 1.54) is 32.1 Å². The third kappa shape index (κ3) is 1.12. The Morgan fingerprint density at radius 3 is 2.85 bits per heavy atom. The zero-order valence-electron chi connectivity index (χ0n) is 8.00. The van der Waals surface area contributed by atoms with Crippen molar-refractivity contribution in [2.24, 2.45) is 5.92 Å². The van der Waals surface area contributed by atoms with Crippen LogP contribution in [0.3, 0.4) is 0 Å². The van der Waals surface area contributed by atoms with Crippen molar-refractivity contribution in [3.63, 3.8) is 0 Å². The predicted octanol–water partition coefficient (Wildman–Crippen LogP) is 3.52. The Balaban J connectivity index is 2.01. The Labute approximate surface area is 80.0 Å². The number of hydrogen-bond acceptors (Lipinski definition) is 0. The molecule has 0 heteroatoms. The summed E-state index contributed by atoms with van der Waals surface area (Å²) in [5.41, 5.74) is 3.31. The van der Waals surface area contributed by atoms with Crippen molar-refractivity contribution in [1.29, 1.82) is 0 Å². The molecule has 0 amide bonds. The van der Waals surface area contributed by atoms with Crippen LogP contribution in [-0.4, -0.2) is 0 Å². The SMILES string of the molecule is c1ccc2c(c1)C[C@H]1CCCC[C@H]21. The van der Waals surface area contributed by atoms with Crippen LogP contribution in [0.1, 0.15) is 42.7 Å². The molecule has 68 valence electrons. The third-order valence-electron chi connectivity index (χ3n) is 3.85. The third-order valence-corrected chi connectivity index (χ3v) is 3.85. The largest absolute Gasteiger partial charge is 0.0620 e. The van der Waals surface area contributed by atoms with Gasteiger partial charge in [0.25, 0.3) is 0 Å². The summed E-state index contributed by atoms with van der Waals surface area (Å²) in [7, 11) is 0. The quantitative estimate of drug-likeness (QED) is 0.561. The zero-order chi connectivity index (χ0) is 8.67. The summed E-state index contributed by atoms with van der Waals surface area (Å²) in [4.78, 5) is 0. The van der Waals surface area contributed by atoms with Crippen molar-refractivity contribution < 1.29 is 0 Å². The number of rotatable bonds is 0. The van der Waals surface area contributed by atoms with E-state index in [1.54, 1.807) is 11.1 Å². The van der Waals surface area contributed by atoms with Crippen LogP contribution in [0, 0.1) is 5.92 Å². The summed E-state index contributed by atoms with van der Waals surface area (Å²) in [6, 6.07) is 9.07. The second-order valence-electron chi connectivity index (χ2n) is 4.55. The molecular formula is C13H16. The average molecular weight is 172 g/mol. The minimum atomic E-state index is 0.921. The molecule has 2 aliphatic carbocycles. The van der Waals surface area contributed by atoms with Gasteiger partial charge in [0.15, 0.2) is 0 Å². The summed E-state index contributed by atoms with van der Waals surface area (Å²) in [5.74, 6) is 1.91. The highest BCUT2D eigenvalue weighted by Crippen LogP contribution is 2.46. The van der Waals surface area contributed by atoms with Crippen LogP contribution >= 0.6 is 0 Å². The Hall–Kier alpha value is -0.780. The summed E-state index contributed by atoms with van der Waals surface area (Å²) < 4.78 is 0. The highest BCUT2D eigenvalue weighted by atomic mass is 14.4. The van der Waals surface area contributed by atoms with Crippen LogP contribution in [0.5, 0.6) is 0 Å². The Morgan fingerprint density at radius 2 is 1.85 bits per heavy atom. The molecule has 0 heterocycles. The maximum absolute atomic E-state index is 2.35. The van der Waals surface area contributed by atoms with Gasteiger partial charge in [-0.3, -0.25) is 0 Å². The molecule has 13 heavy (non-hydrogen) atoms. The molecule has 0 N–H and O–H groups in total. The van der Waals surface area contributed by atoms with Crippen molar-refractivity contribution in [3.05, 3.63) is 35.4 Å². The van der Waals surface area contributed by atoms with E-state index in [9.17, 15) is 0 Å². The van der Waals surface area contributed by atoms with Crippen molar-refractivity contribution in [1.82, 2.24) is 0 Å². The lowest BCUT2D eigenvalue weighted by Crippen LogP contribution is -2.12. The molecule has 1 saturated carbocycles. The van der Waals surface area contributed by atoms with Gasteiger partial charge in [-0.05, 0) is 42.2 Å². The van der Waals surface area contributed by atoms with Crippen LogP contribution in [0.25, 0.3) is 0 Å². The van der Waals surface area contributed by atoms with E-state index < -0.39 is 0 Å². The van der Waals surface area contributed by atoms with Gasteiger partial charge in [0.1, 0.15) is 0 Å². The van der Waals surface area contributed by atoms with Crippen molar-refractivity contribution in [2.45, 2.75) is 38.0 Å². The molecule has 1 fully saturated rings. The molecule has 3 rings (SSSR count). The number of hydrogen-bond donors (Lipinski definition) is 0. The molecule has 0 aromatic heterocycles. The van der Waals surface area contributed by atoms with Gasteiger partial charge in [-0.1, -0.05) is 37.1 Å². The normalized spacial score (nSPS) is 31.1. The predicted molar refractivity (Wildman–Crippen MR) is 54.8 cm³/mol.